The quantitative estimate of drug-likeness (QED) is 0.249. The van der Waals surface area contributed by atoms with E-state index in [1.54, 1.807) is 17.0 Å². The van der Waals surface area contributed by atoms with Gasteiger partial charge >= 0.3 is 0 Å². The van der Waals surface area contributed by atoms with E-state index in [1.807, 2.05) is 91.0 Å². The molecule has 5 rings (SSSR count). The summed E-state index contributed by atoms with van der Waals surface area (Å²) in [7, 11) is 0. The lowest BCUT2D eigenvalue weighted by Crippen LogP contribution is -2.31. The minimum atomic E-state index is -0.318. The number of amides is 1. The molecule has 0 atom stereocenters. The fourth-order valence-corrected chi connectivity index (χ4v) is 4.03. The van der Waals surface area contributed by atoms with Crippen LogP contribution < -0.4 is 9.64 Å². The standard InChI is InChI=1S/C31H25FN2O2/c32-26-13-10-23(11-14-26)20-31(35)34(21-24-6-2-1-3-7-24)28-16-18-29(19-17-28)36-22-27-15-12-25-8-4-5-9-30(25)33-27/h1-19H,20-22H2. The molecular weight excluding hydrogens is 451 g/mol. The average Bonchev–Trinajstić information content (AvgIpc) is 2.92. The van der Waals surface area contributed by atoms with Crippen LogP contribution >= 0.6 is 0 Å². The minimum Gasteiger partial charge on any atom is -0.487 e. The maximum absolute atomic E-state index is 13.3. The van der Waals surface area contributed by atoms with Gasteiger partial charge in [0.25, 0.3) is 0 Å². The summed E-state index contributed by atoms with van der Waals surface area (Å²) in [5.41, 5.74) is 4.33. The highest BCUT2D eigenvalue weighted by atomic mass is 19.1. The predicted molar refractivity (Wildman–Crippen MR) is 140 cm³/mol. The second-order valence-electron chi connectivity index (χ2n) is 8.55. The molecule has 5 aromatic rings. The zero-order valence-corrected chi connectivity index (χ0v) is 19.7. The van der Waals surface area contributed by atoms with Gasteiger partial charge in [0.2, 0.25) is 5.91 Å². The summed E-state index contributed by atoms with van der Waals surface area (Å²) in [6, 6.07) is 35.4. The number of halogens is 1. The lowest BCUT2D eigenvalue weighted by molar-refractivity contribution is -0.118. The van der Waals surface area contributed by atoms with Crippen molar-refractivity contribution in [2.75, 3.05) is 4.90 Å². The van der Waals surface area contributed by atoms with Crippen LogP contribution in [0.2, 0.25) is 0 Å². The largest absolute Gasteiger partial charge is 0.487 e. The van der Waals surface area contributed by atoms with Crippen molar-refractivity contribution in [3.05, 3.63) is 138 Å². The van der Waals surface area contributed by atoms with Crippen molar-refractivity contribution in [1.82, 2.24) is 4.98 Å². The van der Waals surface area contributed by atoms with E-state index in [0.29, 0.717) is 18.9 Å². The van der Waals surface area contributed by atoms with Gasteiger partial charge in [0.1, 0.15) is 18.2 Å². The molecule has 0 bridgehead atoms. The van der Waals surface area contributed by atoms with Crippen molar-refractivity contribution in [1.29, 1.82) is 0 Å². The molecule has 0 unspecified atom stereocenters. The lowest BCUT2D eigenvalue weighted by atomic mass is 10.1. The monoisotopic (exact) mass is 476 g/mol. The molecule has 0 spiro atoms. The van der Waals surface area contributed by atoms with E-state index in [4.69, 9.17) is 4.74 Å². The molecule has 1 amide bonds. The fourth-order valence-electron chi connectivity index (χ4n) is 4.03. The maximum atomic E-state index is 13.3. The number of benzene rings is 4. The number of nitrogens with zero attached hydrogens (tertiary/aromatic N) is 2. The molecule has 1 heterocycles. The minimum absolute atomic E-state index is 0.0699. The molecule has 0 aliphatic carbocycles. The van der Waals surface area contributed by atoms with Crippen molar-refractivity contribution < 1.29 is 13.9 Å². The van der Waals surface area contributed by atoms with Gasteiger partial charge in [0, 0.05) is 11.1 Å². The van der Waals surface area contributed by atoms with E-state index in [1.165, 1.54) is 12.1 Å². The van der Waals surface area contributed by atoms with Crippen LogP contribution in [-0.2, 0) is 24.4 Å². The van der Waals surface area contributed by atoms with E-state index in [9.17, 15) is 9.18 Å². The van der Waals surface area contributed by atoms with Crippen LogP contribution in [0.15, 0.2) is 115 Å². The Kier molecular flexibility index (Phi) is 6.99. The highest BCUT2D eigenvalue weighted by Gasteiger charge is 2.17. The van der Waals surface area contributed by atoms with E-state index in [-0.39, 0.29) is 18.1 Å². The summed E-state index contributed by atoms with van der Waals surface area (Å²) >= 11 is 0. The Hall–Kier alpha value is -4.51. The third kappa shape index (κ3) is 5.76. The van der Waals surface area contributed by atoms with Gasteiger partial charge in [-0.2, -0.15) is 0 Å². The summed E-state index contributed by atoms with van der Waals surface area (Å²) in [6.07, 6.45) is 0.180. The second kappa shape index (κ2) is 10.8. The number of para-hydroxylation sites is 1. The number of fused-ring (bicyclic) bond motifs is 1. The molecule has 0 N–H and O–H groups in total. The average molecular weight is 477 g/mol. The number of carbonyl (C=O) groups excluding carboxylic acids is 1. The lowest BCUT2D eigenvalue weighted by Gasteiger charge is -2.23. The Morgan fingerprint density at radius 2 is 1.47 bits per heavy atom. The Balaban J connectivity index is 1.31. The molecule has 5 heteroatoms. The van der Waals surface area contributed by atoms with Gasteiger partial charge in [-0.1, -0.05) is 66.7 Å². The van der Waals surface area contributed by atoms with E-state index in [0.717, 1.165) is 33.4 Å². The molecule has 36 heavy (non-hydrogen) atoms. The van der Waals surface area contributed by atoms with Crippen molar-refractivity contribution in [2.45, 2.75) is 19.6 Å². The van der Waals surface area contributed by atoms with Crippen molar-refractivity contribution >= 4 is 22.5 Å². The van der Waals surface area contributed by atoms with Gasteiger partial charge < -0.3 is 9.64 Å². The fraction of sp³-hybridized carbons (Fsp3) is 0.0968. The molecule has 4 aromatic carbocycles. The number of anilines is 1. The highest BCUT2D eigenvalue weighted by Crippen LogP contribution is 2.23. The summed E-state index contributed by atoms with van der Waals surface area (Å²) in [5.74, 6) is 0.306. The summed E-state index contributed by atoms with van der Waals surface area (Å²) in [6.45, 7) is 0.781. The Morgan fingerprint density at radius 1 is 0.750 bits per heavy atom. The van der Waals surface area contributed by atoms with Gasteiger partial charge in [-0.25, -0.2) is 9.37 Å². The molecule has 1 aromatic heterocycles. The molecule has 0 saturated heterocycles. The van der Waals surface area contributed by atoms with Crippen molar-refractivity contribution in [3.63, 3.8) is 0 Å². The highest BCUT2D eigenvalue weighted by molar-refractivity contribution is 5.94. The van der Waals surface area contributed by atoms with E-state index < -0.39 is 0 Å². The number of pyridine rings is 1. The number of aromatic nitrogens is 1. The van der Waals surface area contributed by atoms with Gasteiger partial charge in [-0.3, -0.25) is 4.79 Å². The van der Waals surface area contributed by atoms with Crippen LogP contribution in [0.25, 0.3) is 10.9 Å². The van der Waals surface area contributed by atoms with E-state index in [2.05, 4.69) is 4.98 Å². The normalized spacial score (nSPS) is 10.8. The summed E-state index contributed by atoms with van der Waals surface area (Å²) in [5, 5.41) is 1.09. The van der Waals surface area contributed by atoms with Crippen molar-refractivity contribution in [3.8, 4) is 5.75 Å². The van der Waals surface area contributed by atoms with E-state index >= 15 is 0 Å². The Labute approximate surface area is 209 Å². The van der Waals surface area contributed by atoms with Gasteiger partial charge in [-0.05, 0) is 59.7 Å². The molecule has 4 nitrogen and oxygen atoms in total. The first-order chi connectivity index (χ1) is 17.6. The van der Waals surface area contributed by atoms with Crippen LogP contribution in [0.1, 0.15) is 16.8 Å². The summed E-state index contributed by atoms with van der Waals surface area (Å²) in [4.78, 5) is 19.7. The van der Waals surface area contributed by atoms with Crippen LogP contribution in [0.5, 0.6) is 5.75 Å². The van der Waals surface area contributed by atoms with Crippen LogP contribution in [0.3, 0.4) is 0 Å². The molecule has 0 saturated carbocycles. The topological polar surface area (TPSA) is 42.4 Å². The number of rotatable bonds is 8. The van der Waals surface area contributed by atoms with Crippen molar-refractivity contribution in [2.24, 2.45) is 0 Å². The molecule has 0 aliphatic heterocycles. The molecular formula is C31H25FN2O2. The van der Waals surface area contributed by atoms with Gasteiger partial charge in [0.15, 0.2) is 0 Å². The maximum Gasteiger partial charge on any atom is 0.231 e. The molecule has 0 aliphatic rings. The summed E-state index contributed by atoms with van der Waals surface area (Å²) < 4.78 is 19.3. The SMILES string of the molecule is O=C(Cc1ccc(F)cc1)N(Cc1ccccc1)c1ccc(OCc2ccc3ccccc3n2)cc1. The third-order valence-corrected chi connectivity index (χ3v) is 5.94. The number of ether oxygens (including phenoxy) is 1. The van der Waals surface area contributed by atoms with Gasteiger partial charge in [-0.15, -0.1) is 0 Å². The van der Waals surface area contributed by atoms with Gasteiger partial charge in [0.05, 0.1) is 24.2 Å². The first-order valence-corrected chi connectivity index (χ1v) is 11.8. The number of hydrogen-bond donors (Lipinski definition) is 0. The third-order valence-electron chi connectivity index (χ3n) is 5.94. The zero-order valence-electron chi connectivity index (χ0n) is 19.7. The first kappa shape index (κ1) is 23.2. The molecule has 0 radical (unpaired) electrons. The molecule has 178 valence electrons. The predicted octanol–water partition coefficient (Wildman–Crippen LogP) is 6.73. The Morgan fingerprint density at radius 3 is 2.25 bits per heavy atom. The smallest absolute Gasteiger partial charge is 0.231 e. The number of carbonyl (C=O) groups is 1. The molecule has 0 fully saturated rings. The second-order valence-corrected chi connectivity index (χ2v) is 8.55. The number of hydrogen-bond acceptors (Lipinski definition) is 3. The van der Waals surface area contributed by atoms with Crippen LogP contribution in [0.4, 0.5) is 10.1 Å². The first-order valence-electron chi connectivity index (χ1n) is 11.8. The Bertz CT molecular complexity index is 1450. The van der Waals surface area contributed by atoms with Crippen LogP contribution in [-0.4, -0.2) is 10.9 Å². The zero-order chi connectivity index (χ0) is 24.7. The van der Waals surface area contributed by atoms with Crippen LogP contribution in [0, 0.1) is 5.82 Å².